The van der Waals surface area contributed by atoms with Gasteiger partial charge in [-0.25, -0.2) is 4.79 Å². The smallest absolute Gasteiger partial charge is 0.338 e. The number of esters is 1. The van der Waals surface area contributed by atoms with E-state index in [-0.39, 0.29) is 12.4 Å². The normalized spacial score (nSPS) is 10.4. The highest BCUT2D eigenvalue weighted by Crippen LogP contribution is 2.22. The molecule has 6 nitrogen and oxygen atoms in total. The zero-order chi connectivity index (χ0) is 20.1. The molecule has 0 fully saturated rings. The average Bonchev–Trinajstić information content (AvgIpc) is 3.18. The van der Waals surface area contributed by atoms with Gasteiger partial charge in [0.15, 0.2) is 18.7 Å². The lowest BCUT2D eigenvalue weighted by molar-refractivity contribution is -0.119. The van der Waals surface area contributed by atoms with Crippen molar-refractivity contribution >= 4 is 23.9 Å². The minimum absolute atomic E-state index is 0.230. The Morgan fingerprint density at radius 3 is 2.46 bits per heavy atom. The zero-order valence-electron chi connectivity index (χ0n) is 15.5. The van der Waals surface area contributed by atoms with Gasteiger partial charge >= 0.3 is 5.97 Å². The van der Waals surface area contributed by atoms with Crippen LogP contribution in [0.4, 0.5) is 5.69 Å². The maximum absolute atomic E-state index is 12.1. The molecule has 0 unspecified atom stereocenters. The summed E-state index contributed by atoms with van der Waals surface area (Å²) in [6, 6.07) is 15.5. The summed E-state index contributed by atoms with van der Waals surface area (Å²) in [5.41, 5.74) is 3.67. The Bertz CT molecular complexity index is 1020. The second-order valence-electron chi connectivity index (χ2n) is 6.34. The van der Waals surface area contributed by atoms with Crippen LogP contribution >= 0.6 is 0 Å². The van der Waals surface area contributed by atoms with Crippen LogP contribution in [0, 0.1) is 13.8 Å². The number of ether oxygens (including phenoxy) is 1. The maximum atomic E-state index is 12.1. The van der Waals surface area contributed by atoms with E-state index in [0.29, 0.717) is 23.3 Å². The average molecular weight is 377 g/mol. The van der Waals surface area contributed by atoms with Crippen molar-refractivity contribution in [1.29, 1.82) is 0 Å². The van der Waals surface area contributed by atoms with Gasteiger partial charge in [0.1, 0.15) is 5.76 Å². The van der Waals surface area contributed by atoms with Gasteiger partial charge in [0.05, 0.1) is 5.56 Å². The van der Waals surface area contributed by atoms with Gasteiger partial charge in [-0.1, -0.05) is 24.3 Å². The summed E-state index contributed by atoms with van der Waals surface area (Å²) >= 11 is 0. The fourth-order valence-electron chi connectivity index (χ4n) is 2.61. The van der Waals surface area contributed by atoms with Crippen LogP contribution in [0.3, 0.4) is 0 Å². The van der Waals surface area contributed by atoms with E-state index in [9.17, 15) is 14.4 Å². The molecule has 3 rings (SSSR count). The molecule has 0 radical (unpaired) electrons. The molecule has 0 atom stereocenters. The second kappa shape index (κ2) is 8.35. The van der Waals surface area contributed by atoms with Crippen LogP contribution in [0.15, 0.2) is 59.0 Å². The SMILES string of the molecule is Cc1ccc(C)c(NC(=O)COC(=O)c2ccc(-c3ccc(C=O)o3)cc2)c1. The monoisotopic (exact) mass is 377 g/mol. The number of hydrogen-bond acceptors (Lipinski definition) is 5. The van der Waals surface area contributed by atoms with Gasteiger partial charge in [0, 0.05) is 11.3 Å². The van der Waals surface area contributed by atoms with Gasteiger partial charge in [-0.3, -0.25) is 9.59 Å². The first-order valence-electron chi connectivity index (χ1n) is 8.66. The fourth-order valence-corrected chi connectivity index (χ4v) is 2.61. The Morgan fingerprint density at radius 1 is 1.04 bits per heavy atom. The van der Waals surface area contributed by atoms with E-state index in [0.717, 1.165) is 16.7 Å². The number of nitrogens with one attached hydrogen (secondary N) is 1. The van der Waals surface area contributed by atoms with Crippen LogP contribution < -0.4 is 5.32 Å². The van der Waals surface area contributed by atoms with E-state index in [2.05, 4.69) is 5.32 Å². The number of aldehydes is 1. The Balaban J connectivity index is 1.57. The zero-order valence-corrected chi connectivity index (χ0v) is 15.5. The fraction of sp³-hybridized carbons (Fsp3) is 0.136. The number of carbonyl (C=O) groups is 3. The van der Waals surface area contributed by atoms with E-state index in [4.69, 9.17) is 9.15 Å². The van der Waals surface area contributed by atoms with Gasteiger partial charge in [-0.15, -0.1) is 0 Å². The molecule has 0 saturated carbocycles. The lowest BCUT2D eigenvalue weighted by atomic mass is 10.1. The molecule has 6 heteroatoms. The number of rotatable bonds is 6. The molecule has 0 saturated heterocycles. The second-order valence-corrected chi connectivity index (χ2v) is 6.34. The summed E-state index contributed by atoms with van der Waals surface area (Å²) in [7, 11) is 0. The van der Waals surface area contributed by atoms with E-state index >= 15 is 0 Å². The van der Waals surface area contributed by atoms with E-state index < -0.39 is 11.9 Å². The van der Waals surface area contributed by atoms with Crippen LogP contribution in [0.2, 0.25) is 0 Å². The maximum Gasteiger partial charge on any atom is 0.338 e. The molecular formula is C22H19NO5. The molecule has 142 valence electrons. The predicted octanol–water partition coefficient (Wildman–Crippen LogP) is 4.17. The number of carbonyl (C=O) groups excluding carboxylic acids is 3. The van der Waals surface area contributed by atoms with Crippen LogP contribution in [-0.4, -0.2) is 24.8 Å². The van der Waals surface area contributed by atoms with Crippen molar-refractivity contribution in [3.8, 4) is 11.3 Å². The Kier molecular flexibility index (Phi) is 5.69. The molecule has 1 aromatic heterocycles. The van der Waals surface area contributed by atoms with Crippen LogP contribution in [0.25, 0.3) is 11.3 Å². The minimum Gasteiger partial charge on any atom is -0.453 e. The van der Waals surface area contributed by atoms with Crippen LogP contribution in [-0.2, 0) is 9.53 Å². The van der Waals surface area contributed by atoms with Crippen molar-refractivity contribution in [2.45, 2.75) is 13.8 Å². The van der Waals surface area contributed by atoms with Gasteiger partial charge in [-0.05, 0) is 55.3 Å². The number of amides is 1. The summed E-state index contributed by atoms with van der Waals surface area (Å²) < 4.78 is 10.4. The highest BCUT2D eigenvalue weighted by atomic mass is 16.5. The van der Waals surface area contributed by atoms with Crippen molar-refractivity contribution in [3.05, 3.63) is 77.0 Å². The number of anilines is 1. The third-order valence-electron chi connectivity index (χ3n) is 4.15. The predicted molar refractivity (Wildman–Crippen MR) is 104 cm³/mol. The van der Waals surface area contributed by atoms with Gasteiger partial charge in [0.2, 0.25) is 0 Å². The number of benzene rings is 2. The standard InChI is InChI=1S/C22H19NO5/c1-14-3-4-15(2)19(11-14)23-21(25)13-27-22(26)17-7-5-16(6-8-17)20-10-9-18(12-24)28-20/h3-12H,13H2,1-2H3,(H,23,25). The van der Waals surface area contributed by atoms with E-state index in [1.54, 1.807) is 36.4 Å². The Labute approximate surface area is 162 Å². The molecule has 0 aliphatic carbocycles. The lowest BCUT2D eigenvalue weighted by Crippen LogP contribution is -2.21. The van der Waals surface area contributed by atoms with Crippen LogP contribution in [0.5, 0.6) is 0 Å². The molecule has 1 amide bonds. The first-order chi connectivity index (χ1) is 13.5. The Morgan fingerprint density at radius 2 is 1.79 bits per heavy atom. The van der Waals surface area contributed by atoms with Crippen molar-refractivity contribution < 1.29 is 23.5 Å². The summed E-state index contributed by atoms with van der Waals surface area (Å²) in [5, 5.41) is 2.74. The van der Waals surface area contributed by atoms with Crippen LogP contribution in [0.1, 0.15) is 32.0 Å². The first-order valence-corrected chi connectivity index (χ1v) is 8.66. The van der Waals surface area contributed by atoms with Crippen molar-refractivity contribution in [3.63, 3.8) is 0 Å². The minimum atomic E-state index is -0.601. The quantitative estimate of drug-likeness (QED) is 0.515. The third-order valence-corrected chi connectivity index (χ3v) is 4.15. The molecule has 0 aliphatic rings. The van der Waals surface area contributed by atoms with Gasteiger partial charge in [-0.2, -0.15) is 0 Å². The molecule has 28 heavy (non-hydrogen) atoms. The summed E-state index contributed by atoms with van der Waals surface area (Å²) in [6.45, 7) is 3.44. The van der Waals surface area contributed by atoms with Gasteiger partial charge < -0.3 is 14.5 Å². The molecule has 1 N–H and O–H groups in total. The van der Waals surface area contributed by atoms with Crippen molar-refractivity contribution in [1.82, 2.24) is 0 Å². The topological polar surface area (TPSA) is 85.6 Å². The molecular weight excluding hydrogens is 358 g/mol. The molecule has 1 heterocycles. The molecule has 3 aromatic rings. The highest BCUT2D eigenvalue weighted by molar-refractivity contribution is 5.96. The van der Waals surface area contributed by atoms with Crippen molar-refractivity contribution in [2.24, 2.45) is 0 Å². The van der Waals surface area contributed by atoms with Crippen molar-refractivity contribution in [2.75, 3.05) is 11.9 Å². The molecule has 0 spiro atoms. The summed E-state index contributed by atoms with van der Waals surface area (Å²) in [5.74, 6) is -0.255. The number of hydrogen-bond donors (Lipinski definition) is 1. The van der Waals surface area contributed by atoms with E-state index in [1.807, 2.05) is 32.0 Å². The summed E-state index contributed by atoms with van der Waals surface area (Å²) in [4.78, 5) is 34.9. The van der Waals surface area contributed by atoms with Gasteiger partial charge in [0.25, 0.3) is 5.91 Å². The first kappa shape index (κ1) is 19.1. The number of aryl methyl sites for hydroxylation is 2. The Hall–Kier alpha value is -3.67. The molecule has 0 aliphatic heterocycles. The molecule has 0 bridgehead atoms. The lowest BCUT2D eigenvalue weighted by Gasteiger charge is -2.10. The largest absolute Gasteiger partial charge is 0.453 e. The highest BCUT2D eigenvalue weighted by Gasteiger charge is 2.12. The number of furan rings is 1. The third kappa shape index (κ3) is 4.54. The summed E-state index contributed by atoms with van der Waals surface area (Å²) in [6.07, 6.45) is 0.624. The van der Waals surface area contributed by atoms with E-state index in [1.165, 1.54) is 0 Å². The molecule has 2 aromatic carbocycles.